The van der Waals surface area contributed by atoms with Gasteiger partial charge in [0, 0.05) is 29.1 Å². The zero-order valence-electron chi connectivity index (χ0n) is 10.00. The van der Waals surface area contributed by atoms with Crippen molar-refractivity contribution in [1.29, 1.82) is 5.26 Å². The Morgan fingerprint density at radius 2 is 2.22 bits per heavy atom. The maximum absolute atomic E-state index is 9.46. The Morgan fingerprint density at radius 1 is 1.39 bits per heavy atom. The molecule has 0 aliphatic carbocycles. The smallest absolute Gasteiger partial charge is 0.125 e. The molecule has 0 amide bonds. The number of nitriles is 1. The molecule has 18 heavy (non-hydrogen) atoms. The van der Waals surface area contributed by atoms with E-state index in [-0.39, 0.29) is 6.04 Å². The molecule has 1 N–H and O–H groups in total. The minimum absolute atomic E-state index is 0.238. The van der Waals surface area contributed by atoms with Crippen LogP contribution in [0.3, 0.4) is 0 Å². The van der Waals surface area contributed by atoms with Gasteiger partial charge >= 0.3 is 0 Å². The molecule has 0 aromatic heterocycles. The summed E-state index contributed by atoms with van der Waals surface area (Å²) in [4.78, 5) is 2.20. The van der Waals surface area contributed by atoms with E-state index in [4.69, 9.17) is 11.6 Å². The lowest BCUT2D eigenvalue weighted by molar-refractivity contribution is 0.252. The molecule has 0 radical (unpaired) electrons. The lowest BCUT2D eigenvalue weighted by Crippen LogP contribution is -2.31. The van der Waals surface area contributed by atoms with Gasteiger partial charge in [0.05, 0.1) is 6.07 Å². The van der Waals surface area contributed by atoms with Crippen LogP contribution in [0, 0.1) is 11.3 Å². The molecule has 1 aromatic rings. The number of halogens is 2. The van der Waals surface area contributed by atoms with Gasteiger partial charge in [-0.15, -0.1) is 0 Å². The number of nitrogens with zero attached hydrogens (tertiary/aromatic N) is 2. The van der Waals surface area contributed by atoms with Crippen molar-refractivity contribution in [3.63, 3.8) is 0 Å². The number of rotatable bonds is 2. The van der Waals surface area contributed by atoms with E-state index in [0.29, 0.717) is 5.02 Å². The van der Waals surface area contributed by atoms with Gasteiger partial charge in [-0.05, 0) is 36.7 Å². The second-order valence-corrected chi connectivity index (χ2v) is 5.63. The average molecular weight is 329 g/mol. The van der Waals surface area contributed by atoms with E-state index in [9.17, 15) is 5.26 Å². The molecule has 5 heteroatoms. The fraction of sp³-hybridized carbons (Fsp3) is 0.462. The van der Waals surface area contributed by atoms with Gasteiger partial charge in [-0.1, -0.05) is 27.5 Å². The Hall–Kier alpha value is -0.600. The van der Waals surface area contributed by atoms with E-state index in [2.05, 4.69) is 32.2 Å². The summed E-state index contributed by atoms with van der Waals surface area (Å²) in [7, 11) is 0. The van der Waals surface area contributed by atoms with Gasteiger partial charge < -0.3 is 5.32 Å². The normalized spacial score (nSPS) is 18.9. The number of hydrogen-bond donors (Lipinski definition) is 1. The first-order chi connectivity index (χ1) is 8.72. The molecule has 1 atom stereocenters. The van der Waals surface area contributed by atoms with Crippen LogP contribution in [0.1, 0.15) is 18.0 Å². The summed E-state index contributed by atoms with van der Waals surface area (Å²) in [6, 6.07) is 7.76. The molecule has 0 spiro atoms. The topological polar surface area (TPSA) is 39.1 Å². The largest absolute Gasteiger partial charge is 0.315 e. The third kappa shape index (κ3) is 3.24. The monoisotopic (exact) mass is 327 g/mol. The van der Waals surface area contributed by atoms with Crippen LogP contribution < -0.4 is 5.32 Å². The average Bonchev–Trinajstić information content (AvgIpc) is 2.64. The quantitative estimate of drug-likeness (QED) is 0.907. The van der Waals surface area contributed by atoms with E-state index in [1.165, 1.54) is 0 Å². The van der Waals surface area contributed by atoms with Crippen molar-refractivity contribution in [3.8, 4) is 6.07 Å². The Kier molecular flexibility index (Phi) is 5.02. The van der Waals surface area contributed by atoms with Crippen molar-refractivity contribution >= 4 is 27.5 Å². The third-order valence-corrected chi connectivity index (χ3v) is 4.07. The third-order valence-electron chi connectivity index (χ3n) is 3.11. The highest BCUT2D eigenvalue weighted by molar-refractivity contribution is 9.10. The fourth-order valence-corrected chi connectivity index (χ4v) is 2.84. The number of hydrogen-bond acceptors (Lipinski definition) is 3. The zero-order chi connectivity index (χ0) is 13.0. The Labute approximate surface area is 121 Å². The molecule has 0 saturated carbocycles. The first kappa shape index (κ1) is 13.8. The van der Waals surface area contributed by atoms with Crippen molar-refractivity contribution in [1.82, 2.24) is 10.2 Å². The van der Waals surface area contributed by atoms with Gasteiger partial charge in [0.25, 0.3) is 0 Å². The highest BCUT2D eigenvalue weighted by Crippen LogP contribution is 2.30. The molecule has 2 rings (SSSR count). The van der Waals surface area contributed by atoms with E-state index in [1.807, 2.05) is 18.2 Å². The predicted molar refractivity (Wildman–Crippen MR) is 76.6 cm³/mol. The van der Waals surface area contributed by atoms with Gasteiger partial charge in [0.2, 0.25) is 0 Å². The highest BCUT2D eigenvalue weighted by atomic mass is 79.9. The minimum atomic E-state index is -0.238. The number of benzene rings is 1. The lowest BCUT2D eigenvalue weighted by Gasteiger charge is -2.26. The predicted octanol–water partition coefficient (Wildman–Crippen LogP) is 2.96. The Balaban J connectivity index is 2.26. The summed E-state index contributed by atoms with van der Waals surface area (Å²) in [5.41, 5.74) is 0.951. The van der Waals surface area contributed by atoms with Crippen molar-refractivity contribution in [2.24, 2.45) is 0 Å². The summed E-state index contributed by atoms with van der Waals surface area (Å²) in [6.07, 6.45) is 1.07. The molecular formula is C13H15BrClN3. The lowest BCUT2D eigenvalue weighted by atomic mass is 10.1. The van der Waals surface area contributed by atoms with Crippen LogP contribution in [0.25, 0.3) is 0 Å². The molecule has 1 unspecified atom stereocenters. The van der Waals surface area contributed by atoms with E-state index < -0.39 is 0 Å². The van der Waals surface area contributed by atoms with Gasteiger partial charge in [-0.2, -0.15) is 5.26 Å². The Morgan fingerprint density at radius 3 is 3.00 bits per heavy atom. The van der Waals surface area contributed by atoms with Crippen LogP contribution >= 0.6 is 27.5 Å². The summed E-state index contributed by atoms with van der Waals surface area (Å²) in [5, 5.41) is 13.5. The Bertz CT molecular complexity index is 450. The second-order valence-electron chi connectivity index (χ2n) is 4.34. The van der Waals surface area contributed by atoms with Crippen molar-refractivity contribution in [3.05, 3.63) is 33.3 Å². The van der Waals surface area contributed by atoms with Crippen LogP contribution in [0.5, 0.6) is 0 Å². The van der Waals surface area contributed by atoms with Gasteiger partial charge in [0.1, 0.15) is 6.04 Å². The van der Waals surface area contributed by atoms with E-state index >= 15 is 0 Å². The summed E-state index contributed by atoms with van der Waals surface area (Å²) in [6.45, 7) is 3.77. The zero-order valence-corrected chi connectivity index (χ0v) is 12.3. The SMILES string of the molecule is N#CC(c1cc(Cl)ccc1Br)N1CCCNCC1. The molecule has 96 valence electrons. The molecule has 1 aliphatic rings. The van der Waals surface area contributed by atoms with Gasteiger partial charge in [-0.3, -0.25) is 4.90 Å². The second kappa shape index (κ2) is 6.53. The van der Waals surface area contributed by atoms with Crippen molar-refractivity contribution < 1.29 is 0 Å². The molecule has 1 saturated heterocycles. The fourth-order valence-electron chi connectivity index (χ4n) is 2.20. The van der Waals surface area contributed by atoms with Crippen LogP contribution in [-0.4, -0.2) is 31.1 Å². The summed E-state index contributed by atoms with van der Waals surface area (Å²) >= 11 is 9.53. The van der Waals surface area contributed by atoms with E-state index in [1.54, 1.807) is 0 Å². The first-order valence-electron chi connectivity index (χ1n) is 6.01. The van der Waals surface area contributed by atoms with Crippen LogP contribution in [0.15, 0.2) is 22.7 Å². The van der Waals surface area contributed by atoms with Crippen molar-refractivity contribution in [2.45, 2.75) is 12.5 Å². The van der Waals surface area contributed by atoms with Crippen LogP contribution in [-0.2, 0) is 0 Å². The van der Waals surface area contributed by atoms with Crippen molar-refractivity contribution in [2.75, 3.05) is 26.2 Å². The van der Waals surface area contributed by atoms with E-state index in [0.717, 1.165) is 42.6 Å². The highest BCUT2D eigenvalue weighted by Gasteiger charge is 2.23. The maximum atomic E-state index is 9.46. The first-order valence-corrected chi connectivity index (χ1v) is 7.19. The minimum Gasteiger partial charge on any atom is -0.315 e. The molecule has 0 bridgehead atoms. The molecule has 1 aromatic carbocycles. The van der Waals surface area contributed by atoms with Crippen LogP contribution in [0.2, 0.25) is 5.02 Å². The van der Waals surface area contributed by atoms with Crippen LogP contribution in [0.4, 0.5) is 0 Å². The summed E-state index contributed by atoms with van der Waals surface area (Å²) in [5.74, 6) is 0. The summed E-state index contributed by atoms with van der Waals surface area (Å²) < 4.78 is 0.940. The molecule has 1 heterocycles. The number of nitrogens with one attached hydrogen (secondary N) is 1. The maximum Gasteiger partial charge on any atom is 0.125 e. The molecule has 1 fully saturated rings. The standard InChI is InChI=1S/C13H15BrClN3/c14-12-3-2-10(15)8-11(12)13(9-16)18-6-1-4-17-5-7-18/h2-3,8,13,17H,1,4-7H2. The van der Waals surface area contributed by atoms with Gasteiger partial charge in [-0.25, -0.2) is 0 Å². The molecule has 1 aliphatic heterocycles. The molecular weight excluding hydrogens is 314 g/mol. The molecule has 3 nitrogen and oxygen atoms in total. The van der Waals surface area contributed by atoms with Gasteiger partial charge in [0.15, 0.2) is 0 Å².